The van der Waals surface area contributed by atoms with E-state index in [1.54, 1.807) is 6.08 Å². The predicted molar refractivity (Wildman–Crippen MR) is 45.2 cm³/mol. The molecule has 2 heteroatoms. The van der Waals surface area contributed by atoms with Crippen molar-refractivity contribution in [3.05, 3.63) is 11.6 Å². The second kappa shape index (κ2) is 4.94. The Hall–Kier alpha value is -0.790. The van der Waals surface area contributed by atoms with Crippen LogP contribution >= 0.6 is 0 Å². The van der Waals surface area contributed by atoms with Gasteiger partial charge in [0.25, 0.3) is 0 Å². The van der Waals surface area contributed by atoms with Crippen molar-refractivity contribution in [2.24, 2.45) is 5.92 Å². The second-order valence-electron chi connectivity index (χ2n) is 3.11. The van der Waals surface area contributed by atoms with Crippen LogP contribution in [0.1, 0.15) is 27.2 Å². The molecule has 0 bridgehead atoms. The first-order valence-electron chi connectivity index (χ1n) is 3.81. The molecule has 0 rings (SSSR count). The molecule has 0 N–H and O–H groups in total. The zero-order valence-electron chi connectivity index (χ0n) is 7.68. The Kier molecular flexibility index (Phi) is 4.59. The molecule has 0 aromatic heterocycles. The van der Waals surface area contributed by atoms with Crippen LogP contribution in [-0.2, 0) is 9.53 Å². The highest BCUT2D eigenvalue weighted by molar-refractivity contribution is 5.82. The molecule has 0 amide bonds. The number of ether oxygens (including phenoxy) is 1. The minimum atomic E-state index is -0.261. The monoisotopic (exact) mass is 156 g/mol. The lowest BCUT2D eigenvalue weighted by molar-refractivity contribution is -0.134. The van der Waals surface area contributed by atoms with Gasteiger partial charge in [0, 0.05) is 6.08 Å². The smallest absolute Gasteiger partial charge is 0.330 e. The summed E-state index contributed by atoms with van der Waals surface area (Å²) >= 11 is 0. The first kappa shape index (κ1) is 10.2. The van der Waals surface area contributed by atoms with E-state index in [0.29, 0.717) is 5.92 Å². The Balaban J connectivity index is 3.90. The molecule has 0 radical (unpaired) electrons. The highest BCUT2D eigenvalue weighted by Crippen LogP contribution is 2.09. The van der Waals surface area contributed by atoms with Gasteiger partial charge >= 0.3 is 5.97 Å². The summed E-state index contributed by atoms with van der Waals surface area (Å²) in [5, 5.41) is 0. The van der Waals surface area contributed by atoms with E-state index in [0.717, 1.165) is 12.0 Å². The van der Waals surface area contributed by atoms with Crippen LogP contribution in [0.2, 0.25) is 0 Å². The number of allylic oxidation sites excluding steroid dienone is 1. The van der Waals surface area contributed by atoms with Gasteiger partial charge in [-0.15, -0.1) is 0 Å². The van der Waals surface area contributed by atoms with Gasteiger partial charge < -0.3 is 4.74 Å². The molecule has 0 unspecified atom stereocenters. The lowest BCUT2D eigenvalue weighted by atomic mass is 10.0. The average molecular weight is 156 g/mol. The largest absolute Gasteiger partial charge is 0.466 e. The molecule has 0 aliphatic rings. The van der Waals surface area contributed by atoms with E-state index in [1.807, 2.05) is 6.92 Å². The fraction of sp³-hybridized carbons (Fsp3) is 0.667. The highest BCUT2D eigenvalue weighted by atomic mass is 16.5. The molecule has 0 heterocycles. The number of hydrogen-bond acceptors (Lipinski definition) is 2. The van der Waals surface area contributed by atoms with E-state index in [-0.39, 0.29) is 5.97 Å². The molecule has 0 atom stereocenters. The standard InChI is InChI=1S/C9H16O2/c1-7(2)5-8(3)6-9(10)11-4/h6-7H,5H2,1-4H3/b8-6-. The summed E-state index contributed by atoms with van der Waals surface area (Å²) in [6, 6.07) is 0. The number of methoxy groups -OCH3 is 1. The van der Waals surface area contributed by atoms with Gasteiger partial charge in [-0.2, -0.15) is 0 Å². The van der Waals surface area contributed by atoms with E-state index in [9.17, 15) is 4.79 Å². The van der Waals surface area contributed by atoms with Crippen molar-refractivity contribution in [3.63, 3.8) is 0 Å². The van der Waals surface area contributed by atoms with E-state index in [2.05, 4.69) is 18.6 Å². The van der Waals surface area contributed by atoms with Crippen molar-refractivity contribution < 1.29 is 9.53 Å². The Labute approximate surface area is 68.2 Å². The molecule has 0 saturated heterocycles. The maximum atomic E-state index is 10.7. The first-order chi connectivity index (χ1) is 5.06. The Morgan fingerprint density at radius 1 is 1.55 bits per heavy atom. The van der Waals surface area contributed by atoms with E-state index < -0.39 is 0 Å². The molecule has 0 fully saturated rings. The molecule has 0 aliphatic carbocycles. The van der Waals surface area contributed by atoms with Crippen molar-refractivity contribution in [3.8, 4) is 0 Å². The summed E-state index contributed by atoms with van der Waals surface area (Å²) in [4.78, 5) is 10.7. The van der Waals surface area contributed by atoms with Crippen LogP contribution in [0.4, 0.5) is 0 Å². The van der Waals surface area contributed by atoms with E-state index in [4.69, 9.17) is 0 Å². The summed E-state index contributed by atoms with van der Waals surface area (Å²) in [5.74, 6) is 0.332. The quantitative estimate of drug-likeness (QED) is 0.462. The molecule has 11 heavy (non-hydrogen) atoms. The van der Waals surface area contributed by atoms with Crippen LogP contribution in [0.5, 0.6) is 0 Å². The maximum absolute atomic E-state index is 10.7. The van der Waals surface area contributed by atoms with Crippen LogP contribution in [0.25, 0.3) is 0 Å². The van der Waals surface area contributed by atoms with Gasteiger partial charge in [0.2, 0.25) is 0 Å². The van der Waals surface area contributed by atoms with Gasteiger partial charge in [-0.3, -0.25) is 0 Å². The van der Waals surface area contributed by atoms with Gasteiger partial charge in [0.15, 0.2) is 0 Å². The number of rotatable bonds is 3. The van der Waals surface area contributed by atoms with Crippen molar-refractivity contribution in [1.29, 1.82) is 0 Å². The van der Waals surface area contributed by atoms with Crippen molar-refractivity contribution in [2.75, 3.05) is 7.11 Å². The lowest BCUT2D eigenvalue weighted by Crippen LogP contribution is -1.97. The lowest BCUT2D eigenvalue weighted by Gasteiger charge is -2.03. The topological polar surface area (TPSA) is 26.3 Å². The van der Waals surface area contributed by atoms with Gasteiger partial charge in [0.1, 0.15) is 0 Å². The van der Waals surface area contributed by atoms with Crippen molar-refractivity contribution >= 4 is 5.97 Å². The summed E-state index contributed by atoms with van der Waals surface area (Å²) < 4.78 is 4.49. The minimum absolute atomic E-state index is 0.261. The van der Waals surface area contributed by atoms with Crippen molar-refractivity contribution in [1.82, 2.24) is 0 Å². The highest BCUT2D eigenvalue weighted by Gasteiger charge is 1.98. The zero-order valence-corrected chi connectivity index (χ0v) is 7.68. The predicted octanol–water partition coefficient (Wildman–Crippen LogP) is 2.15. The van der Waals surface area contributed by atoms with Crippen LogP contribution in [0, 0.1) is 5.92 Å². The number of carbonyl (C=O) groups excluding carboxylic acids is 1. The fourth-order valence-corrected chi connectivity index (χ4v) is 0.963. The van der Waals surface area contributed by atoms with Gasteiger partial charge in [0.05, 0.1) is 7.11 Å². The fourth-order valence-electron chi connectivity index (χ4n) is 0.963. The van der Waals surface area contributed by atoms with Crippen LogP contribution in [0.15, 0.2) is 11.6 Å². The number of hydrogen-bond donors (Lipinski definition) is 0. The van der Waals surface area contributed by atoms with Gasteiger partial charge in [-0.05, 0) is 19.3 Å². The first-order valence-corrected chi connectivity index (χ1v) is 3.81. The third kappa shape index (κ3) is 5.64. The van der Waals surface area contributed by atoms with E-state index in [1.165, 1.54) is 7.11 Å². The third-order valence-electron chi connectivity index (χ3n) is 1.30. The van der Waals surface area contributed by atoms with Crippen LogP contribution in [-0.4, -0.2) is 13.1 Å². The zero-order chi connectivity index (χ0) is 8.85. The third-order valence-corrected chi connectivity index (χ3v) is 1.30. The second-order valence-corrected chi connectivity index (χ2v) is 3.11. The van der Waals surface area contributed by atoms with Gasteiger partial charge in [-0.25, -0.2) is 4.79 Å². The summed E-state index contributed by atoms with van der Waals surface area (Å²) in [7, 11) is 1.39. The summed E-state index contributed by atoms with van der Waals surface area (Å²) in [6.07, 6.45) is 2.50. The summed E-state index contributed by atoms with van der Waals surface area (Å²) in [6.45, 7) is 6.18. The van der Waals surface area contributed by atoms with Crippen molar-refractivity contribution in [2.45, 2.75) is 27.2 Å². The Morgan fingerprint density at radius 3 is 2.45 bits per heavy atom. The summed E-state index contributed by atoms with van der Waals surface area (Å²) in [5.41, 5.74) is 1.08. The molecule has 2 nitrogen and oxygen atoms in total. The molecular weight excluding hydrogens is 140 g/mol. The SMILES string of the molecule is COC(=O)/C=C(/C)CC(C)C. The molecule has 0 saturated carbocycles. The Bertz CT molecular complexity index is 157. The van der Waals surface area contributed by atoms with E-state index >= 15 is 0 Å². The average Bonchev–Trinajstić information content (AvgIpc) is 1.85. The number of esters is 1. The molecule has 0 aromatic carbocycles. The molecule has 0 aromatic rings. The van der Waals surface area contributed by atoms with Crippen LogP contribution in [0.3, 0.4) is 0 Å². The Morgan fingerprint density at radius 2 is 2.09 bits per heavy atom. The molecule has 0 aliphatic heterocycles. The maximum Gasteiger partial charge on any atom is 0.330 e. The minimum Gasteiger partial charge on any atom is -0.466 e. The normalized spacial score (nSPS) is 11.9. The molecule has 0 spiro atoms. The van der Waals surface area contributed by atoms with Gasteiger partial charge in [-0.1, -0.05) is 19.4 Å². The number of carbonyl (C=O) groups is 1. The molecular formula is C9H16O2. The van der Waals surface area contributed by atoms with Crippen LogP contribution < -0.4 is 0 Å². The molecule has 64 valence electrons.